The van der Waals surface area contributed by atoms with Crippen LogP contribution in [0.4, 0.5) is 14.5 Å². The fraction of sp³-hybridized carbons (Fsp3) is 0.364. The van der Waals surface area contributed by atoms with Gasteiger partial charge < -0.3 is 0 Å². The largest absolute Gasteiger partial charge is 0.293 e. The molecule has 0 bridgehead atoms. The highest BCUT2D eigenvalue weighted by molar-refractivity contribution is 5.43. The Morgan fingerprint density at radius 3 is 2.50 bits per heavy atom. The van der Waals surface area contributed by atoms with Crippen LogP contribution in [0.15, 0.2) is 18.2 Å². The second-order valence-corrected chi connectivity index (χ2v) is 3.86. The van der Waals surface area contributed by atoms with Crippen molar-refractivity contribution in [3.05, 3.63) is 36.8 Å². The molecule has 0 aliphatic heterocycles. The van der Waals surface area contributed by atoms with Crippen molar-refractivity contribution in [2.24, 2.45) is 0 Å². The molecule has 0 saturated carbocycles. The first-order chi connectivity index (χ1) is 6.47. The predicted octanol–water partition coefficient (Wildman–Crippen LogP) is 2.76. The van der Waals surface area contributed by atoms with Gasteiger partial charge in [0.2, 0.25) is 0 Å². The zero-order chi connectivity index (χ0) is 10.8. The molecule has 1 rings (SSSR count). The molecular weight excluding hydrogens is 184 g/mol. The third-order valence-corrected chi connectivity index (χ3v) is 2.28. The summed E-state index contributed by atoms with van der Waals surface area (Å²) in [7, 11) is 3.67. The Labute approximate surface area is 83.6 Å². The summed E-state index contributed by atoms with van der Waals surface area (Å²) in [5.41, 5.74) is 0.369. The molecule has 0 heterocycles. The number of halogens is 2. The summed E-state index contributed by atoms with van der Waals surface area (Å²) in [5.74, 6) is -0.776. The molecule has 1 radical (unpaired) electrons. The minimum Gasteiger partial charge on any atom is -0.293 e. The molecule has 77 valence electrons. The summed E-state index contributed by atoms with van der Waals surface area (Å²) in [6, 6.07) is 3.53. The van der Waals surface area contributed by atoms with Gasteiger partial charge in [-0.3, -0.25) is 4.48 Å². The summed E-state index contributed by atoms with van der Waals surface area (Å²) < 4.78 is 26.6. The van der Waals surface area contributed by atoms with Crippen molar-refractivity contribution in [2.75, 3.05) is 20.6 Å². The maximum Gasteiger partial charge on any atom is 0.184 e. The number of rotatable bonds is 3. The fourth-order valence-electron chi connectivity index (χ4n) is 1.47. The lowest BCUT2D eigenvalue weighted by molar-refractivity contribution is 0.386. The van der Waals surface area contributed by atoms with Gasteiger partial charge in [-0.2, -0.15) is 0 Å². The van der Waals surface area contributed by atoms with Crippen molar-refractivity contribution in [1.82, 2.24) is 4.48 Å². The van der Waals surface area contributed by atoms with Gasteiger partial charge in [0.05, 0.1) is 20.6 Å². The molecule has 0 aliphatic rings. The first kappa shape index (κ1) is 11.1. The van der Waals surface area contributed by atoms with Crippen molar-refractivity contribution in [3.8, 4) is 0 Å². The molecule has 1 nitrogen and oxygen atoms in total. The zero-order valence-corrected chi connectivity index (χ0v) is 8.56. The van der Waals surface area contributed by atoms with Crippen LogP contribution in [0.1, 0.15) is 6.42 Å². The minimum absolute atomic E-state index is 0.313. The molecular formula is C11H15F2N+. The Balaban J connectivity index is 3.10. The van der Waals surface area contributed by atoms with E-state index < -0.39 is 5.82 Å². The Morgan fingerprint density at radius 2 is 1.93 bits per heavy atom. The topological polar surface area (TPSA) is 0 Å². The van der Waals surface area contributed by atoms with E-state index >= 15 is 0 Å². The second kappa shape index (κ2) is 4.05. The van der Waals surface area contributed by atoms with Gasteiger partial charge in [0, 0.05) is 6.07 Å². The van der Waals surface area contributed by atoms with Crippen LogP contribution in [0, 0.1) is 18.6 Å². The maximum absolute atomic E-state index is 13.4. The predicted molar refractivity (Wildman–Crippen MR) is 54.8 cm³/mol. The smallest absolute Gasteiger partial charge is 0.184 e. The molecule has 14 heavy (non-hydrogen) atoms. The molecule has 0 saturated heterocycles. The summed E-state index contributed by atoms with van der Waals surface area (Å²) in [6.07, 6.45) is 0.683. The fourth-order valence-corrected chi connectivity index (χ4v) is 1.47. The second-order valence-electron chi connectivity index (χ2n) is 3.86. The van der Waals surface area contributed by atoms with Crippen molar-refractivity contribution in [3.63, 3.8) is 0 Å². The van der Waals surface area contributed by atoms with E-state index in [1.165, 1.54) is 6.07 Å². The van der Waals surface area contributed by atoms with Crippen molar-refractivity contribution >= 4 is 5.69 Å². The van der Waals surface area contributed by atoms with Gasteiger partial charge in [-0.05, 0) is 25.5 Å². The van der Waals surface area contributed by atoms with Crippen LogP contribution < -0.4 is 4.48 Å². The van der Waals surface area contributed by atoms with Gasteiger partial charge >= 0.3 is 0 Å². The van der Waals surface area contributed by atoms with Gasteiger partial charge in [-0.25, -0.2) is 8.78 Å². The van der Waals surface area contributed by atoms with Crippen LogP contribution in [-0.2, 0) is 0 Å². The molecule has 0 spiro atoms. The third kappa shape index (κ3) is 2.29. The molecule has 0 unspecified atom stereocenters. The number of benzene rings is 1. The molecule has 1 aromatic carbocycles. The highest BCUT2D eigenvalue weighted by Gasteiger charge is 2.22. The van der Waals surface area contributed by atoms with Gasteiger partial charge in [0.1, 0.15) is 5.82 Å². The van der Waals surface area contributed by atoms with Crippen molar-refractivity contribution < 1.29 is 8.78 Å². The van der Waals surface area contributed by atoms with E-state index in [1.807, 2.05) is 14.1 Å². The molecule has 0 aliphatic carbocycles. The molecule has 0 amide bonds. The normalized spacial score (nSPS) is 11.8. The minimum atomic E-state index is -0.406. The van der Waals surface area contributed by atoms with E-state index in [0.29, 0.717) is 23.1 Å². The van der Waals surface area contributed by atoms with E-state index in [-0.39, 0.29) is 5.82 Å². The lowest BCUT2D eigenvalue weighted by Crippen LogP contribution is -2.41. The van der Waals surface area contributed by atoms with Crippen LogP contribution >= 0.6 is 0 Å². The molecule has 0 aromatic heterocycles. The monoisotopic (exact) mass is 199 g/mol. The Hall–Kier alpha value is -0.960. The lowest BCUT2D eigenvalue weighted by Gasteiger charge is -2.28. The standard InChI is InChI=1S/C11H15F2N/c1-4-7-14(2,3)11-8-9(12)5-6-10(11)13/h5-6,8H,1,4,7H2,2-3H3/q+1. The molecule has 1 aromatic rings. The number of nitrogens with zero attached hydrogens (tertiary/aromatic N) is 1. The van der Waals surface area contributed by atoms with E-state index in [0.717, 1.165) is 12.1 Å². The summed E-state index contributed by atoms with van der Waals surface area (Å²) >= 11 is 0. The molecule has 0 N–H and O–H groups in total. The van der Waals surface area contributed by atoms with Gasteiger partial charge in [-0.15, -0.1) is 0 Å². The summed E-state index contributed by atoms with van der Waals surface area (Å²) in [5, 5.41) is 0. The van der Waals surface area contributed by atoms with Crippen LogP contribution in [0.25, 0.3) is 0 Å². The van der Waals surface area contributed by atoms with Crippen molar-refractivity contribution in [1.29, 1.82) is 0 Å². The Kier molecular flexibility index (Phi) is 3.21. The van der Waals surface area contributed by atoms with E-state index in [2.05, 4.69) is 6.92 Å². The van der Waals surface area contributed by atoms with Crippen LogP contribution in [0.5, 0.6) is 0 Å². The van der Waals surface area contributed by atoms with E-state index in [4.69, 9.17) is 0 Å². The lowest BCUT2D eigenvalue weighted by atomic mass is 10.2. The average molecular weight is 199 g/mol. The van der Waals surface area contributed by atoms with Crippen molar-refractivity contribution in [2.45, 2.75) is 6.42 Å². The zero-order valence-electron chi connectivity index (χ0n) is 8.56. The Bertz CT molecular complexity index is 321. The Morgan fingerprint density at radius 1 is 1.29 bits per heavy atom. The van der Waals surface area contributed by atoms with Crippen LogP contribution in [0.3, 0.4) is 0 Å². The number of hydrogen-bond donors (Lipinski definition) is 0. The first-order valence-corrected chi connectivity index (χ1v) is 4.55. The van der Waals surface area contributed by atoms with Gasteiger partial charge in [-0.1, -0.05) is 0 Å². The van der Waals surface area contributed by atoms with Gasteiger partial charge in [0.15, 0.2) is 11.5 Å². The third-order valence-electron chi connectivity index (χ3n) is 2.28. The SMILES string of the molecule is [CH2]CC[N+](C)(C)c1cc(F)ccc1F. The number of quaternary nitrogens is 1. The highest BCUT2D eigenvalue weighted by atomic mass is 19.1. The highest BCUT2D eigenvalue weighted by Crippen LogP contribution is 2.24. The molecule has 0 fully saturated rings. The van der Waals surface area contributed by atoms with Crippen LogP contribution in [-0.4, -0.2) is 20.6 Å². The first-order valence-electron chi connectivity index (χ1n) is 4.55. The quantitative estimate of drug-likeness (QED) is 0.657. The van der Waals surface area contributed by atoms with Crippen LogP contribution in [0.2, 0.25) is 0 Å². The summed E-state index contributed by atoms with van der Waals surface area (Å²) in [6.45, 7) is 4.40. The average Bonchev–Trinajstić information content (AvgIpc) is 2.09. The van der Waals surface area contributed by atoms with E-state index in [1.54, 1.807) is 0 Å². The number of hydrogen-bond acceptors (Lipinski definition) is 0. The van der Waals surface area contributed by atoms with Gasteiger partial charge in [0.25, 0.3) is 0 Å². The molecule has 0 atom stereocenters. The molecule has 3 heteroatoms. The summed E-state index contributed by atoms with van der Waals surface area (Å²) in [4.78, 5) is 0. The van der Waals surface area contributed by atoms with E-state index in [9.17, 15) is 8.78 Å². The maximum atomic E-state index is 13.4.